The zero-order valence-electron chi connectivity index (χ0n) is 16.5. The highest BCUT2D eigenvalue weighted by Gasteiger charge is 2.29. The van der Waals surface area contributed by atoms with Gasteiger partial charge in [-0.25, -0.2) is 14.2 Å². The molecular formula is C21H17FN4O5. The van der Waals surface area contributed by atoms with E-state index in [1.54, 1.807) is 13.0 Å². The summed E-state index contributed by atoms with van der Waals surface area (Å²) in [6.07, 6.45) is 2.07. The van der Waals surface area contributed by atoms with Gasteiger partial charge in [0.2, 0.25) is 5.82 Å². The first-order chi connectivity index (χ1) is 15.1. The Morgan fingerprint density at radius 1 is 1.13 bits per heavy atom. The maximum absolute atomic E-state index is 12.9. The zero-order chi connectivity index (χ0) is 21.4. The van der Waals surface area contributed by atoms with Crippen molar-refractivity contribution in [2.45, 2.75) is 38.9 Å². The van der Waals surface area contributed by atoms with Crippen LogP contribution >= 0.6 is 0 Å². The van der Waals surface area contributed by atoms with Crippen LogP contribution in [-0.4, -0.2) is 26.3 Å². The first-order valence-electron chi connectivity index (χ1n) is 9.70. The number of pyridine rings is 1. The quantitative estimate of drug-likeness (QED) is 0.408. The number of hydrogen-bond acceptors (Lipinski definition) is 9. The van der Waals surface area contributed by atoms with Gasteiger partial charge in [0.1, 0.15) is 11.6 Å². The van der Waals surface area contributed by atoms with Crippen LogP contribution in [0.4, 0.5) is 4.39 Å². The number of ether oxygens (including phenoxy) is 2. The summed E-state index contributed by atoms with van der Waals surface area (Å²) in [5, 5.41) is 8.24. The SMILES string of the molecule is Cc1noc2nc(C3CC3)cc(C(=O)OCc3nc(COc4ccc(F)cc4)no3)c12. The Morgan fingerprint density at radius 3 is 2.71 bits per heavy atom. The van der Waals surface area contributed by atoms with E-state index >= 15 is 0 Å². The van der Waals surface area contributed by atoms with Gasteiger partial charge in [-0.15, -0.1) is 0 Å². The summed E-state index contributed by atoms with van der Waals surface area (Å²) in [4.78, 5) is 21.4. The number of rotatable bonds is 7. The van der Waals surface area contributed by atoms with Gasteiger partial charge in [-0.2, -0.15) is 4.98 Å². The fourth-order valence-corrected chi connectivity index (χ4v) is 3.15. The van der Waals surface area contributed by atoms with Crippen molar-refractivity contribution in [1.82, 2.24) is 20.3 Å². The molecule has 1 aliphatic rings. The van der Waals surface area contributed by atoms with E-state index in [9.17, 15) is 9.18 Å². The number of aryl methyl sites for hydroxylation is 1. The highest BCUT2D eigenvalue weighted by molar-refractivity contribution is 6.03. The van der Waals surface area contributed by atoms with E-state index in [4.69, 9.17) is 18.5 Å². The molecule has 5 rings (SSSR count). The van der Waals surface area contributed by atoms with Gasteiger partial charge in [0, 0.05) is 11.6 Å². The van der Waals surface area contributed by atoms with Crippen LogP contribution in [0.3, 0.4) is 0 Å². The van der Waals surface area contributed by atoms with Crippen molar-refractivity contribution in [1.29, 1.82) is 0 Å². The van der Waals surface area contributed by atoms with Crippen molar-refractivity contribution in [2.24, 2.45) is 0 Å². The molecule has 1 aromatic carbocycles. The van der Waals surface area contributed by atoms with Crippen LogP contribution in [-0.2, 0) is 18.0 Å². The molecule has 0 bridgehead atoms. The summed E-state index contributed by atoms with van der Waals surface area (Å²) in [5.74, 6) is 0.293. The standard InChI is InChI=1S/C21H17FN4O5/c1-11-19-15(8-16(12-2-3-12)23-20(19)31-25-11)21(27)29-10-18-24-17(26-30-18)9-28-14-6-4-13(22)5-7-14/h4-8,12H,2-3,9-10H2,1H3. The minimum absolute atomic E-state index is 0.0265. The number of fused-ring (bicyclic) bond motifs is 1. The first-order valence-corrected chi connectivity index (χ1v) is 9.70. The minimum Gasteiger partial charge on any atom is -0.485 e. The van der Waals surface area contributed by atoms with Gasteiger partial charge in [0.25, 0.3) is 11.6 Å². The molecule has 0 aliphatic heterocycles. The van der Waals surface area contributed by atoms with E-state index in [0.29, 0.717) is 34.0 Å². The molecular weight excluding hydrogens is 407 g/mol. The predicted octanol–water partition coefficient (Wildman–Crippen LogP) is 3.87. The predicted molar refractivity (Wildman–Crippen MR) is 103 cm³/mol. The highest BCUT2D eigenvalue weighted by atomic mass is 19.1. The molecule has 0 N–H and O–H groups in total. The second-order valence-corrected chi connectivity index (χ2v) is 7.24. The Hall–Kier alpha value is -3.82. The van der Waals surface area contributed by atoms with E-state index in [1.807, 2.05) is 0 Å². The van der Waals surface area contributed by atoms with Crippen LogP contribution in [0.5, 0.6) is 5.75 Å². The van der Waals surface area contributed by atoms with Crippen molar-refractivity contribution >= 4 is 17.1 Å². The molecule has 0 amide bonds. The average molecular weight is 424 g/mol. The van der Waals surface area contributed by atoms with E-state index in [2.05, 4.69) is 20.3 Å². The topological polar surface area (TPSA) is 113 Å². The second kappa shape index (κ2) is 7.78. The molecule has 0 saturated heterocycles. The molecule has 0 atom stereocenters. The molecule has 0 unspecified atom stereocenters. The van der Waals surface area contributed by atoms with Crippen LogP contribution in [0, 0.1) is 12.7 Å². The Bertz CT molecular complexity index is 1250. The fourth-order valence-electron chi connectivity index (χ4n) is 3.15. The molecule has 3 heterocycles. The fraction of sp³-hybridized carbons (Fsp3) is 0.286. The lowest BCUT2D eigenvalue weighted by Gasteiger charge is -2.05. The number of esters is 1. The van der Waals surface area contributed by atoms with Gasteiger partial charge in [0.15, 0.2) is 13.2 Å². The van der Waals surface area contributed by atoms with Gasteiger partial charge < -0.3 is 18.5 Å². The molecule has 10 heteroatoms. The Kier molecular flexibility index (Phi) is 4.81. The molecule has 1 saturated carbocycles. The zero-order valence-corrected chi connectivity index (χ0v) is 16.5. The number of halogens is 1. The highest BCUT2D eigenvalue weighted by Crippen LogP contribution is 2.40. The maximum atomic E-state index is 12.9. The smallest absolute Gasteiger partial charge is 0.339 e. The van der Waals surface area contributed by atoms with Crippen LogP contribution in [0.25, 0.3) is 11.1 Å². The number of carbonyl (C=O) groups excluding carboxylic acids is 1. The van der Waals surface area contributed by atoms with Crippen LogP contribution in [0.15, 0.2) is 39.4 Å². The molecule has 4 aromatic rings. The lowest BCUT2D eigenvalue weighted by Crippen LogP contribution is -2.08. The minimum atomic E-state index is -0.553. The monoisotopic (exact) mass is 424 g/mol. The largest absolute Gasteiger partial charge is 0.485 e. The normalized spacial score (nSPS) is 13.5. The number of benzene rings is 1. The molecule has 1 fully saturated rings. The second-order valence-electron chi connectivity index (χ2n) is 7.24. The third-order valence-corrected chi connectivity index (χ3v) is 4.87. The lowest BCUT2D eigenvalue weighted by atomic mass is 10.1. The summed E-state index contributed by atoms with van der Waals surface area (Å²) < 4.78 is 34.1. The molecule has 0 spiro atoms. The third-order valence-electron chi connectivity index (χ3n) is 4.87. The molecule has 0 radical (unpaired) electrons. The van der Waals surface area contributed by atoms with Crippen molar-refractivity contribution in [3.63, 3.8) is 0 Å². The van der Waals surface area contributed by atoms with E-state index in [1.165, 1.54) is 24.3 Å². The number of nitrogens with zero attached hydrogens (tertiary/aromatic N) is 4. The summed E-state index contributed by atoms with van der Waals surface area (Å²) in [6, 6.07) is 7.31. The van der Waals surface area contributed by atoms with Crippen molar-refractivity contribution in [3.8, 4) is 5.75 Å². The van der Waals surface area contributed by atoms with Crippen molar-refractivity contribution < 1.29 is 27.7 Å². The lowest BCUT2D eigenvalue weighted by molar-refractivity contribution is 0.0432. The number of hydrogen-bond donors (Lipinski definition) is 0. The third kappa shape index (κ3) is 4.09. The van der Waals surface area contributed by atoms with Gasteiger partial charge >= 0.3 is 5.97 Å². The van der Waals surface area contributed by atoms with Gasteiger partial charge in [0.05, 0.1) is 16.6 Å². The van der Waals surface area contributed by atoms with Crippen LogP contribution in [0.2, 0.25) is 0 Å². The van der Waals surface area contributed by atoms with E-state index in [-0.39, 0.29) is 30.7 Å². The van der Waals surface area contributed by atoms with E-state index < -0.39 is 5.97 Å². The molecule has 3 aromatic heterocycles. The molecule has 158 valence electrons. The van der Waals surface area contributed by atoms with Crippen LogP contribution < -0.4 is 4.74 Å². The summed E-state index contributed by atoms with van der Waals surface area (Å²) in [7, 11) is 0. The molecule has 31 heavy (non-hydrogen) atoms. The Labute approximate surface area is 175 Å². The summed E-state index contributed by atoms with van der Waals surface area (Å²) in [5.41, 5.74) is 2.04. The number of carbonyl (C=O) groups is 1. The number of aromatic nitrogens is 4. The maximum Gasteiger partial charge on any atom is 0.339 e. The average Bonchev–Trinajstić information content (AvgIpc) is 3.43. The van der Waals surface area contributed by atoms with Gasteiger partial charge in [-0.3, -0.25) is 0 Å². The molecule has 9 nitrogen and oxygen atoms in total. The van der Waals surface area contributed by atoms with Crippen molar-refractivity contribution in [3.05, 3.63) is 64.8 Å². The summed E-state index contributed by atoms with van der Waals surface area (Å²) >= 11 is 0. The summed E-state index contributed by atoms with van der Waals surface area (Å²) in [6.45, 7) is 1.57. The Morgan fingerprint density at radius 2 is 1.94 bits per heavy atom. The molecule has 1 aliphatic carbocycles. The van der Waals surface area contributed by atoms with Gasteiger partial charge in [-0.05, 0) is 50.1 Å². The van der Waals surface area contributed by atoms with Crippen molar-refractivity contribution in [2.75, 3.05) is 0 Å². The van der Waals surface area contributed by atoms with Crippen LogP contribution in [0.1, 0.15) is 52.2 Å². The van der Waals surface area contributed by atoms with E-state index in [0.717, 1.165) is 18.5 Å². The first kappa shape index (κ1) is 19.2. The van der Waals surface area contributed by atoms with Gasteiger partial charge in [-0.1, -0.05) is 10.3 Å². The Balaban J connectivity index is 1.25.